The summed E-state index contributed by atoms with van der Waals surface area (Å²) in [6.07, 6.45) is 0.894. The molecular weight excluding hydrogens is 330 g/mol. The van der Waals surface area contributed by atoms with E-state index in [0.717, 1.165) is 6.42 Å². The molecule has 0 radical (unpaired) electrons. The predicted octanol–water partition coefficient (Wildman–Crippen LogP) is 3.78. The molecule has 0 aromatic heterocycles. The van der Waals surface area contributed by atoms with E-state index in [0.29, 0.717) is 48.5 Å². The summed E-state index contributed by atoms with van der Waals surface area (Å²) in [4.78, 5) is 14.7. The second-order valence-electron chi connectivity index (χ2n) is 6.02. The molecule has 1 saturated heterocycles. The van der Waals surface area contributed by atoms with Crippen LogP contribution in [0.1, 0.15) is 44.5 Å². The van der Waals surface area contributed by atoms with Gasteiger partial charge in [0.25, 0.3) is 5.91 Å². The van der Waals surface area contributed by atoms with Crippen LogP contribution in [-0.2, 0) is 4.74 Å². The summed E-state index contributed by atoms with van der Waals surface area (Å²) in [6, 6.07) is 3.40. The van der Waals surface area contributed by atoms with E-state index in [1.54, 1.807) is 12.1 Å². The molecule has 6 heteroatoms. The Kier molecular flexibility index (Phi) is 6.75. The van der Waals surface area contributed by atoms with E-state index in [9.17, 15) is 4.79 Å². The van der Waals surface area contributed by atoms with Gasteiger partial charge in [0.2, 0.25) is 0 Å². The van der Waals surface area contributed by atoms with Crippen LogP contribution in [0.2, 0.25) is 5.02 Å². The fourth-order valence-electron chi connectivity index (χ4n) is 2.65. The van der Waals surface area contributed by atoms with Crippen molar-refractivity contribution in [2.45, 2.75) is 46.3 Å². The van der Waals surface area contributed by atoms with Crippen LogP contribution in [0, 0.1) is 0 Å². The minimum atomic E-state index is -0.0671. The van der Waals surface area contributed by atoms with Crippen molar-refractivity contribution in [3.63, 3.8) is 0 Å². The number of rotatable bonds is 6. The van der Waals surface area contributed by atoms with Gasteiger partial charge in [-0.2, -0.15) is 0 Å². The largest absolute Gasteiger partial charge is 0.490 e. The average Bonchev–Trinajstić information content (AvgIpc) is 2.56. The van der Waals surface area contributed by atoms with Gasteiger partial charge >= 0.3 is 0 Å². The van der Waals surface area contributed by atoms with Gasteiger partial charge in [-0.05, 0) is 39.3 Å². The molecular formula is C18H26ClNO4. The monoisotopic (exact) mass is 355 g/mol. The Hall–Kier alpha value is -1.46. The SMILES string of the molecule is CCCOc1c(Cl)cc(C(=O)N2CC(C)OCC2C)cc1OCC. The number of hydrogen-bond donors (Lipinski definition) is 0. The van der Waals surface area contributed by atoms with Crippen molar-refractivity contribution < 1.29 is 19.0 Å². The lowest BCUT2D eigenvalue weighted by Crippen LogP contribution is -2.50. The third-order valence-electron chi connectivity index (χ3n) is 3.88. The zero-order chi connectivity index (χ0) is 17.7. The first-order valence-electron chi connectivity index (χ1n) is 8.49. The lowest BCUT2D eigenvalue weighted by atomic mass is 10.1. The highest BCUT2D eigenvalue weighted by Crippen LogP contribution is 2.37. The molecule has 5 nitrogen and oxygen atoms in total. The Balaban J connectivity index is 2.30. The molecule has 0 aliphatic carbocycles. The summed E-state index contributed by atoms with van der Waals surface area (Å²) in [5.41, 5.74) is 0.508. The molecule has 1 aromatic carbocycles. The molecule has 2 rings (SSSR count). The Morgan fingerprint density at radius 1 is 1.33 bits per heavy atom. The Bertz CT molecular complexity index is 578. The van der Waals surface area contributed by atoms with Gasteiger partial charge in [-0.1, -0.05) is 18.5 Å². The Morgan fingerprint density at radius 3 is 2.75 bits per heavy atom. The van der Waals surface area contributed by atoms with Crippen LogP contribution in [-0.4, -0.2) is 49.3 Å². The average molecular weight is 356 g/mol. The number of carbonyl (C=O) groups is 1. The molecule has 1 amide bonds. The molecule has 0 bridgehead atoms. The number of hydrogen-bond acceptors (Lipinski definition) is 4. The van der Waals surface area contributed by atoms with Crippen LogP contribution < -0.4 is 9.47 Å². The molecule has 24 heavy (non-hydrogen) atoms. The van der Waals surface area contributed by atoms with Gasteiger partial charge in [0.05, 0.1) is 37.0 Å². The molecule has 1 aliphatic rings. The first-order chi connectivity index (χ1) is 11.5. The molecule has 1 heterocycles. The topological polar surface area (TPSA) is 48.0 Å². The van der Waals surface area contributed by atoms with Crippen LogP contribution in [0.4, 0.5) is 0 Å². The number of ether oxygens (including phenoxy) is 3. The van der Waals surface area contributed by atoms with Gasteiger partial charge in [0.15, 0.2) is 11.5 Å². The van der Waals surface area contributed by atoms with Crippen molar-refractivity contribution in [1.29, 1.82) is 0 Å². The Labute approximate surface area is 148 Å². The van der Waals surface area contributed by atoms with Crippen LogP contribution in [0.3, 0.4) is 0 Å². The van der Waals surface area contributed by atoms with E-state index in [2.05, 4.69) is 0 Å². The number of carbonyl (C=O) groups excluding carboxylic acids is 1. The van der Waals surface area contributed by atoms with E-state index in [-0.39, 0.29) is 18.1 Å². The van der Waals surface area contributed by atoms with Crippen molar-refractivity contribution in [3.05, 3.63) is 22.7 Å². The maximum absolute atomic E-state index is 12.9. The smallest absolute Gasteiger partial charge is 0.254 e. The Morgan fingerprint density at radius 2 is 2.08 bits per heavy atom. The van der Waals surface area contributed by atoms with Crippen molar-refractivity contribution in [2.24, 2.45) is 0 Å². The fraction of sp³-hybridized carbons (Fsp3) is 0.611. The molecule has 1 fully saturated rings. The molecule has 2 unspecified atom stereocenters. The van der Waals surface area contributed by atoms with Gasteiger partial charge in [-0.3, -0.25) is 4.79 Å². The van der Waals surface area contributed by atoms with E-state index < -0.39 is 0 Å². The summed E-state index contributed by atoms with van der Waals surface area (Å²) in [5, 5.41) is 0.395. The molecule has 134 valence electrons. The summed E-state index contributed by atoms with van der Waals surface area (Å²) in [7, 11) is 0. The maximum atomic E-state index is 12.9. The van der Waals surface area contributed by atoms with Crippen LogP contribution >= 0.6 is 11.6 Å². The number of amides is 1. The first kappa shape index (κ1) is 18.9. The zero-order valence-corrected chi connectivity index (χ0v) is 15.6. The fourth-order valence-corrected chi connectivity index (χ4v) is 2.92. The lowest BCUT2D eigenvalue weighted by molar-refractivity contribution is -0.0387. The second kappa shape index (κ2) is 8.58. The number of benzene rings is 1. The van der Waals surface area contributed by atoms with Crippen molar-refractivity contribution >= 4 is 17.5 Å². The molecule has 1 aliphatic heterocycles. The molecule has 0 saturated carbocycles. The summed E-state index contributed by atoms with van der Waals surface area (Å²) < 4.78 is 16.9. The van der Waals surface area contributed by atoms with E-state index in [1.807, 2.05) is 32.6 Å². The molecule has 1 aromatic rings. The van der Waals surface area contributed by atoms with Gasteiger partial charge in [-0.15, -0.1) is 0 Å². The third-order valence-corrected chi connectivity index (χ3v) is 4.16. The lowest BCUT2D eigenvalue weighted by Gasteiger charge is -2.37. The van der Waals surface area contributed by atoms with Crippen molar-refractivity contribution in [3.8, 4) is 11.5 Å². The standard InChI is InChI=1S/C18H26ClNO4/c1-5-7-23-17-15(19)8-14(9-16(17)22-6-2)18(21)20-10-13(4)24-11-12(20)3/h8-9,12-13H,5-7,10-11H2,1-4H3. The molecule has 2 atom stereocenters. The van der Waals surface area contributed by atoms with Gasteiger partial charge in [0, 0.05) is 12.1 Å². The maximum Gasteiger partial charge on any atom is 0.254 e. The first-order valence-corrected chi connectivity index (χ1v) is 8.87. The van der Waals surface area contributed by atoms with Gasteiger partial charge in [-0.25, -0.2) is 0 Å². The minimum absolute atomic E-state index is 0.0269. The van der Waals surface area contributed by atoms with E-state index in [1.165, 1.54) is 0 Å². The van der Waals surface area contributed by atoms with E-state index >= 15 is 0 Å². The number of morpholine rings is 1. The van der Waals surface area contributed by atoms with Gasteiger partial charge < -0.3 is 19.1 Å². The summed E-state index contributed by atoms with van der Waals surface area (Å²) >= 11 is 6.35. The van der Waals surface area contributed by atoms with E-state index in [4.69, 9.17) is 25.8 Å². The second-order valence-corrected chi connectivity index (χ2v) is 6.42. The third kappa shape index (κ3) is 4.33. The molecule has 0 spiro atoms. The van der Waals surface area contributed by atoms with Crippen LogP contribution in [0.5, 0.6) is 11.5 Å². The van der Waals surface area contributed by atoms with Gasteiger partial charge in [0.1, 0.15) is 0 Å². The quantitative estimate of drug-likeness (QED) is 0.779. The molecule has 0 N–H and O–H groups in total. The summed E-state index contributed by atoms with van der Waals surface area (Å²) in [5.74, 6) is 0.943. The van der Waals surface area contributed by atoms with Crippen molar-refractivity contribution in [1.82, 2.24) is 4.90 Å². The highest BCUT2D eigenvalue weighted by Gasteiger charge is 2.29. The number of halogens is 1. The van der Waals surface area contributed by atoms with Crippen molar-refractivity contribution in [2.75, 3.05) is 26.4 Å². The summed E-state index contributed by atoms with van der Waals surface area (Å²) in [6.45, 7) is 9.98. The normalized spacial score (nSPS) is 20.8. The highest BCUT2D eigenvalue weighted by molar-refractivity contribution is 6.32. The zero-order valence-electron chi connectivity index (χ0n) is 14.8. The predicted molar refractivity (Wildman–Crippen MR) is 94.3 cm³/mol. The number of nitrogens with zero attached hydrogens (tertiary/aromatic N) is 1. The van der Waals surface area contributed by atoms with Crippen LogP contribution in [0.15, 0.2) is 12.1 Å². The van der Waals surface area contributed by atoms with Crippen LogP contribution in [0.25, 0.3) is 0 Å². The minimum Gasteiger partial charge on any atom is -0.490 e. The highest BCUT2D eigenvalue weighted by atomic mass is 35.5.